The number of aromatic nitrogens is 2. The molecular weight excluding hydrogens is 228 g/mol. The first-order valence-electron chi connectivity index (χ1n) is 5.28. The van der Waals surface area contributed by atoms with Crippen LogP contribution in [-0.2, 0) is 4.79 Å². The van der Waals surface area contributed by atoms with Crippen LogP contribution in [0, 0.1) is 5.92 Å². The topological polar surface area (TPSA) is 42.9 Å². The van der Waals surface area contributed by atoms with E-state index in [2.05, 4.69) is 10.2 Å². The predicted molar refractivity (Wildman–Crippen MR) is 62.2 cm³/mol. The summed E-state index contributed by atoms with van der Waals surface area (Å²) in [6.45, 7) is 0. The Morgan fingerprint density at radius 1 is 1.47 bits per heavy atom. The second-order valence-corrected chi connectivity index (χ2v) is 5.85. The lowest BCUT2D eigenvalue weighted by Crippen LogP contribution is -2.19. The van der Waals surface area contributed by atoms with Gasteiger partial charge in [-0.25, -0.2) is 0 Å². The molecule has 0 bridgehead atoms. The number of hydrogen-bond donors (Lipinski definition) is 0. The number of hydrogen-bond acceptors (Lipinski definition) is 5. The zero-order valence-electron chi connectivity index (χ0n) is 8.52. The average Bonchev–Trinajstić information content (AvgIpc) is 2.80. The van der Waals surface area contributed by atoms with Crippen molar-refractivity contribution in [2.75, 3.05) is 5.75 Å². The van der Waals surface area contributed by atoms with Gasteiger partial charge in [-0.05, 0) is 12.8 Å². The van der Waals surface area contributed by atoms with Crippen LogP contribution in [0.3, 0.4) is 0 Å². The molecule has 1 aliphatic rings. The van der Waals surface area contributed by atoms with E-state index in [-0.39, 0.29) is 0 Å². The van der Waals surface area contributed by atoms with Gasteiger partial charge in [0.05, 0.1) is 5.75 Å². The van der Waals surface area contributed by atoms with Crippen molar-refractivity contribution in [3.8, 4) is 0 Å². The first-order valence-corrected chi connectivity index (χ1v) is 7.14. The molecule has 1 aromatic heterocycles. The Kier molecular flexibility index (Phi) is 4.14. The van der Waals surface area contributed by atoms with Crippen LogP contribution in [-0.4, -0.2) is 21.7 Å². The average molecular weight is 242 g/mol. The monoisotopic (exact) mass is 242 g/mol. The lowest BCUT2D eigenvalue weighted by Gasteiger charge is -2.19. The molecule has 1 heterocycles. The molecule has 5 heteroatoms. The third-order valence-electron chi connectivity index (χ3n) is 2.74. The highest BCUT2D eigenvalue weighted by Gasteiger charge is 2.21. The molecule has 0 unspecified atom stereocenters. The minimum atomic E-state index is 0.319. The maximum Gasteiger partial charge on any atom is 0.174 e. The first-order chi connectivity index (χ1) is 7.36. The fraction of sp³-hybridized carbons (Fsp3) is 0.700. The summed E-state index contributed by atoms with van der Waals surface area (Å²) in [7, 11) is 0. The van der Waals surface area contributed by atoms with Gasteiger partial charge in [-0.15, -0.1) is 10.2 Å². The molecule has 1 saturated carbocycles. The summed E-state index contributed by atoms with van der Waals surface area (Å²) in [5.74, 6) is 1.29. The molecule has 0 spiro atoms. The standard InChI is InChI=1S/C10H14N2OS2/c13-9(8-4-2-1-3-5-8)6-14-10-12-11-7-15-10/h7-8H,1-6H2. The van der Waals surface area contributed by atoms with Gasteiger partial charge in [-0.2, -0.15) is 0 Å². The number of nitrogens with zero attached hydrogens (tertiary/aromatic N) is 2. The van der Waals surface area contributed by atoms with Crippen molar-refractivity contribution >= 4 is 28.9 Å². The van der Waals surface area contributed by atoms with Crippen LogP contribution in [0.5, 0.6) is 0 Å². The largest absolute Gasteiger partial charge is 0.298 e. The van der Waals surface area contributed by atoms with Crippen LogP contribution in [0.1, 0.15) is 32.1 Å². The second kappa shape index (κ2) is 5.61. The van der Waals surface area contributed by atoms with Crippen LogP contribution in [0.4, 0.5) is 0 Å². The Hall–Kier alpha value is -0.420. The van der Waals surface area contributed by atoms with Crippen molar-refractivity contribution in [2.45, 2.75) is 36.4 Å². The van der Waals surface area contributed by atoms with E-state index in [9.17, 15) is 4.79 Å². The first kappa shape index (κ1) is 11.1. The lowest BCUT2D eigenvalue weighted by atomic mass is 9.87. The Labute approximate surface area is 97.7 Å². The van der Waals surface area contributed by atoms with Crippen LogP contribution < -0.4 is 0 Å². The smallest absolute Gasteiger partial charge is 0.174 e. The van der Waals surface area contributed by atoms with E-state index in [0.717, 1.165) is 17.2 Å². The molecule has 0 aliphatic heterocycles. The maximum atomic E-state index is 11.8. The lowest BCUT2D eigenvalue weighted by molar-refractivity contribution is -0.121. The van der Waals surface area contributed by atoms with Crippen LogP contribution in [0.25, 0.3) is 0 Å². The van der Waals surface area contributed by atoms with E-state index in [1.165, 1.54) is 42.4 Å². The van der Waals surface area contributed by atoms with Crippen molar-refractivity contribution in [3.05, 3.63) is 5.51 Å². The number of thioether (sulfide) groups is 1. The molecule has 15 heavy (non-hydrogen) atoms. The molecule has 3 nitrogen and oxygen atoms in total. The van der Waals surface area contributed by atoms with E-state index < -0.39 is 0 Å². The molecule has 0 saturated heterocycles. The molecule has 0 aromatic carbocycles. The Morgan fingerprint density at radius 2 is 2.27 bits per heavy atom. The van der Waals surface area contributed by atoms with Crippen molar-refractivity contribution < 1.29 is 4.79 Å². The molecule has 0 amide bonds. The van der Waals surface area contributed by atoms with Gasteiger partial charge >= 0.3 is 0 Å². The van der Waals surface area contributed by atoms with E-state index in [1.807, 2.05) is 0 Å². The minimum absolute atomic E-state index is 0.319. The summed E-state index contributed by atoms with van der Waals surface area (Å²) in [6.07, 6.45) is 5.93. The second-order valence-electron chi connectivity index (χ2n) is 3.79. The normalized spacial score (nSPS) is 17.9. The quantitative estimate of drug-likeness (QED) is 0.761. The van der Waals surface area contributed by atoms with Crippen LogP contribution in [0.2, 0.25) is 0 Å². The summed E-state index contributed by atoms with van der Waals surface area (Å²) >= 11 is 3.02. The minimum Gasteiger partial charge on any atom is -0.298 e. The van der Waals surface area contributed by atoms with Crippen LogP contribution in [0.15, 0.2) is 9.85 Å². The molecule has 1 aliphatic carbocycles. The van der Waals surface area contributed by atoms with E-state index in [0.29, 0.717) is 17.5 Å². The molecule has 1 aromatic rings. The molecular formula is C10H14N2OS2. The van der Waals surface area contributed by atoms with Gasteiger partial charge in [0.1, 0.15) is 11.3 Å². The summed E-state index contributed by atoms with van der Waals surface area (Å²) in [6, 6.07) is 0. The van der Waals surface area contributed by atoms with Crippen molar-refractivity contribution in [2.24, 2.45) is 5.92 Å². The van der Waals surface area contributed by atoms with Gasteiger partial charge in [0.2, 0.25) is 0 Å². The van der Waals surface area contributed by atoms with Crippen LogP contribution >= 0.6 is 23.1 Å². The number of carbonyl (C=O) groups is 1. The third kappa shape index (κ3) is 3.28. The fourth-order valence-electron chi connectivity index (χ4n) is 1.90. The van der Waals surface area contributed by atoms with Crippen molar-refractivity contribution in [3.63, 3.8) is 0 Å². The van der Waals surface area contributed by atoms with Gasteiger partial charge in [-0.3, -0.25) is 4.79 Å². The molecule has 2 rings (SSSR count). The summed E-state index contributed by atoms with van der Waals surface area (Å²) in [4.78, 5) is 11.8. The summed E-state index contributed by atoms with van der Waals surface area (Å²) in [5.41, 5.74) is 1.70. The summed E-state index contributed by atoms with van der Waals surface area (Å²) < 4.78 is 0.902. The summed E-state index contributed by atoms with van der Waals surface area (Å²) in [5, 5.41) is 7.66. The third-order valence-corrected chi connectivity index (χ3v) is 4.62. The zero-order chi connectivity index (χ0) is 10.5. The van der Waals surface area contributed by atoms with Gasteiger partial charge in [0.15, 0.2) is 4.34 Å². The van der Waals surface area contributed by atoms with Gasteiger partial charge < -0.3 is 0 Å². The number of ketones is 1. The predicted octanol–water partition coefficient (Wildman–Crippen LogP) is 2.78. The van der Waals surface area contributed by atoms with E-state index in [1.54, 1.807) is 5.51 Å². The Morgan fingerprint density at radius 3 is 2.93 bits per heavy atom. The SMILES string of the molecule is O=C(CSc1nncs1)C1CCCCC1. The van der Waals surface area contributed by atoms with Gasteiger partial charge in [0.25, 0.3) is 0 Å². The molecule has 0 radical (unpaired) electrons. The molecule has 1 fully saturated rings. The number of rotatable bonds is 4. The number of carbonyl (C=O) groups excluding carboxylic acids is 1. The number of Topliss-reactive ketones (excluding diaryl/α,β-unsaturated/α-hetero) is 1. The highest BCUT2D eigenvalue weighted by atomic mass is 32.2. The molecule has 82 valence electrons. The highest BCUT2D eigenvalue weighted by Crippen LogP contribution is 2.27. The van der Waals surface area contributed by atoms with Gasteiger partial charge in [0, 0.05) is 5.92 Å². The van der Waals surface area contributed by atoms with Gasteiger partial charge in [-0.1, -0.05) is 42.4 Å². The van der Waals surface area contributed by atoms with Crippen molar-refractivity contribution in [1.82, 2.24) is 10.2 Å². The fourth-order valence-corrected chi connectivity index (χ4v) is 3.36. The molecule has 0 atom stereocenters. The van der Waals surface area contributed by atoms with E-state index in [4.69, 9.17) is 0 Å². The molecule has 0 N–H and O–H groups in total. The maximum absolute atomic E-state index is 11.8. The Bertz CT molecular complexity index is 307. The Balaban J connectivity index is 1.76. The van der Waals surface area contributed by atoms with Crippen molar-refractivity contribution in [1.29, 1.82) is 0 Å². The highest BCUT2D eigenvalue weighted by molar-refractivity contribution is 8.01. The zero-order valence-corrected chi connectivity index (χ0v) is 10.1. The van der Waals surface area contributed by atoms with E-state index >= 15 is 0 Å².